The summed E-state index contributed by atoms with van der Waals surface area (Å²) in [5.41, 5.74) is 0. The minimum absolute atomic E-state index is 0.0336. The molecule has 4 heteroatoms. The highest BCUT2D eigenvalue weighted by molar-refractivity contribution is 5.69. The standard InChI is InChI=1S/C4H7NO3/c1-4(6)8-3-2-5-7/h2,7H,3H2,1H3. The van der Waals surface area contributed by atoms with Gasteiger partial charge in [-0.25, -0.2) is 0 Å². The van der Waals surface area contributed by atoms with E-state index in [0.717, 1.165) is 6.21 Å². The lowest BCUT2D eigenvalue weighted by molar-refractivity contribution is -0.139. The van der Waals surface area contributed by atoms with E-state index in [9.17, 15) is 4.79 Å². The molecule has 0 rings (SSSR count). The zero-order valence-corrected chi connectivity index (χ0v) is 4.50. The van der Waals surface area contributed by atoms with E-state index in [2.05, 4.69) is 9.89 Å². The molecule has 4 nitrogen and oxygen atoms in total. The Morgan fingerprint density at radius 1 is 2.00 bits per heavy atom. The van der Waals surface area contributed by atoms with Gasteiger partial charge in [-0.3, -0.25) is 4.79 Å². The lowest BCUT2D eigenvalue weighted by Crippen LogP contribution is -2.00. The summed E-state index contributed by atoms with van der Waals surface area (Å²) < 4.78 is 4.33. The van der Waals surface area contributed by atoms with E-state index >= 15 is 0 Å². The van der Waals surface area contributed by atoms with Crippen molar-refractivity contribution in [3.63, 3.8) is 0 Å². The van der Waals surface area contributed by atoms with Crippen molar-refractivity contribution in [2.45, 2.75) is 6.92 Å². The van der Waals surface area contributed by atoms with E-state index in [1.54, 1.807) is 0 Å². The van der Waals surface area contributed by atoms with Crippen LogP contribution >= 0.6 is 0 Å². The van der Waals surface area contributed by atoms with Gasteiger partial charge in [-0.05, 0) is 0 Å². The van der Waals surface area contributed by atoms with Gasteiger partial charge in [0.1, 0.15) is 6.61 Å². The van der Waals surface area contributed by atoms with Gasteiger partial charge < -0.3 is 9.94 Å². The fraction of sp³-hybridized carbons (Fsp3) is 0.500. The second kappa shape index (κ2) is 4.11. The molecular weight excluding hydrogens is 110 g/mol. The number of carbonyl (C=O) groups is 1. The molecule has 0 atom stereocenters. The number of nitrogens with zero attached hydrogens (tertiary/aromatic N) is 1. The Bertz CT molecular complexity index is 99.5. The van der Waals surface area contributed by atoms with Crippen molar-refractivity contribution >= 4 is 12.2 Å². The summed E-state index contributed by atoms with van der Waals surface area (Å²) in [5.74, 6) is -0.384. The lowest BCUT2D eigenvalue weighted by atomic mass is 10.7. The van der Waals surface area contributed by atoms with Crippen molar-refractivity contribution in [3.05, 3.63) is 0 Å². The molecule has 8 heavy (non-hydrogen) atoms. The molecule has 1 N–H and O–H groups in total. The Balaban J connectivity index is 3.05. The highest BCUT2D eigenvalue weighted by atomic mass is 16.5. The van der Waals surface area contributed by atoms with Crippen molar-refractivity contribution in [2.24, 2.45) is 5.16 Å². The monoisotopic (exact) mass is 117 g/mol. The Kier molecular flexibility index (Phi) is 3.56. The molecule has 0 saturated heterocycles. The number of rotatable bonds is 2. The van der Waals surface area contributed by atoms with E-state index in [-0.39, 0.29) is 12.6 Å². The van der Waals surface area contributed by atoms with Gasteiger partial charge in [0.25, 0.3) is 0 Å². The van der Waals surface area contributed by atoms with Crippen LogP contribution in [0.15, 0.2) is 5.16 Å². The number of hydrogen-bond acceptors (Lipinski definition) is 4. The number of esters is 1. The fourth-order valence-corrected chi connectivity index (χ4v) is 0.188. The van der Waals surface area contributed by atoms with E-state index in [0.29, 0.717) is 0 Å². The first-order valence-corrected chi connectivity index (χ1v) is 2.06. The molecule has 0 aliphatic carbocycles. The van der Waals surface area contributed by atoms with Gasteiger partial charge in [-0.2, -0.15) is 0 Å². The van der Waals surface area contributed by atoms with Gasteiger partial charge in [0.05, 0.1) is 6.21 Å². The third kappa shape index (κ3) is 4.94. The third-order valence-electron chi connectivity index (χ3n) is 0.443. The minimum Gasteiger partial charge on any atom is -0.460 e. The molecular formula is C4H7NO3. The van der Waals surface area contributed by atoms with Crippen LogP contribution in [0.25, 0.3) is 0 Å². The maximum atomic E-state index is 9.95. The first-order chi connectivity index (χ1) is 3.77. The number of ether oxygens (including phenoxy) is 1. The highest BCUT2D eigenvalue weighted by Crippen LogP contribution is 1.70. The van der Waals surface area contributed by atoms with Crippen molar-refractivity contribution < 1.29 is 14.7 Å². The van der Waals surface area contributed by atoms with Crippen LogP contribution in [0.1, 0.15) is 6.92 Å². The van der Waals surface area contributed by atoms with Crippen LogP contribution in [0.5, 0.6) is 0 Å². The van der Waals surface area contributed by atoms with E-state index in [1.807, 2.05) is 0 Å². The molecule has 0 aromatic heterocycles. The zero-order valence-electron chi connectivity index (χ0n) is 4.50. The summed E-state index contributed by atoms with van der Waals surface area (Å²) in [6.45, 7) is 1.32. The van der Waals surface area contributed by atoms with Crippen LogP contribution in [-0.2, 0) is 9.53 Å². The maximum absolute atomic E-state index is 9.95. The van der Waals surface area contributed by atoms with Crippen molar-refractivity contribution in [2.75, 3.05) is 6.61 Å². The summed E-state index contributed by atoms with van der Waals surface area (Å²) in [5, 5.41) is 10.4. The molecule has 0 spiro atoms. The van der Waals surface area contributed by atoms with Gasteiger partial charge in [0, 0.05) is 6.92 Å². The van der Waals surface area contributed by atoms with Crippen LogP contribution in [0.4, 0.5) is 0 Å². The molecule has 0 aromatic rings. The Labute approximate surface area is 46.8 Å². The van der Waals surface area contributed by atoms with Gasteiger partial charge in [-0.15, -0.1) is 0 Å². The van der Waals surface area contributed by atoms with Gasteiger partial charge in [0.2, 0.25) is 0 Å². The molecule has 46 valence electrons. The SMILES string of the molecule is CC(=O)OCC=NO. The van der Waals surface area contributed by atoms with Crippen LogP contribution in [0, 0.1) is 0 Å². The molecule has 0 amide bonds. The summed E-state index contributed by atoms with van der Waals surface area (Å²) in [7, 11) is 0. The average molecular weight is 117 g/mol. The first-order valence-electron chi connectivity index (χ1n) is 2.06. The molecule has 0 heterocycles. The normalized spacial score (nSPS) is 9.62. The first kappa shape index (κ1) is 6.94. The smallest absolute Gasteiger partial charge is 0.302 e. The van der Waals surface area contributed by atoms with Gasteiger partial charge >= 0.3 is 5.97 Å². The predicted molar refractivity (Wildman–Crippen MR) is 26.9 cm³/mol. The Hall–Kier alpha value is -1.06. The van der Waals surface area contributed by atoms with Crippen molar-refractivity contribution in [1.29, 1.82) is 0 Å². The highest BCUT2D eigenvalue weighted by Gasteiger charge is 1.85. The predicted octanol–water partition coefficient (Wildman–Crippen LogP) is 0.00950. The second-order valence-electron chi connectivity index (χ2n) is 1.10. The number of oxime groups is 1. The van der Waals surface area contributed by atoms with E-state index in [4.69, 9.17) is 5.21 Å². The molecule has 0 aliphatic rings. The second-order valence-corrected chi connectivity index (χ2v) is 1.10. The molecule has 0 saturated carbocycles. The largest absolute Gasteiger partial charge is 0.460 e. The van der Waals surface area contributed by atoms with E-state index < -0.39 is 0 Å². The summed E-state index contributed by atoms with van der Waals surface area (Å²) in [6.07, 6.45) is 1.08. The van der Waals surface area contributed by atoms with Gasteiger partial charge in [-0.1, -0.05) is 5.16 Å². The molecule has 0 fully saturated rings. The third-order valence-corrected chi connectivity index (χ3v) is 0.443. The van der Waals surface area contributed by atoms with Crippen LogP contribution in [-0.4, -0.2) is 24.0 Å². The van der Waals surface area contributed by atoms with Crippen molar-refractivity contribution in [1.82, 2.24) is 0 Å². The van der Waals surface area contributed by atoms with Crippen LogP contribution in [0.2, 0.25) is 0 Å². The fourth-order valence-electron chi connectivity index (χ4n) is 0.188. The van der Waals surface area contributed by atoms with E-state index in [1.165, 1.54) is 6.92 Å². The summed E-state index contributed by atoms with van der Waals surface area (Å²) in [4.78, 5) is 9.95. The molecule has 0 aromatic carbocycles. The molecule has 0 aliphatic heterocycles. The topological polar surface area (TPSA) is 58.9 Å². The summed E-state index contributed by atoms with van der Waals surface area (Å²) >= 11 is 0. The molecule has 0 bridgehead atoms. The van der Waals surface area contributed by atoms with Crippen LogP contribution < -0.4 is 0 Å². The Morgan fingerprint density at radius 3 is 3.00 bits per heavy atom. The maximum Gasteiger partial charge on any atom is 0.302 e. The quantitative estimate of drug-likeness (QED) is 0.240. The Morgan fingerprint density at radius 2 is 2.62 bits per heavy atom. The minimum atomic E-state index is -0.384. The average Bonchev–Trinajstić information content (AvgIpc) is 1.66. The molecule has 0 unspecified atom stereocenters. The van der Waals surface area contributed by atoms with Gasteiger partial charge in [0.15, 0.2) is 0 Å². The molecule has 0 radical (unpaired) electrons. The zero-order chi connectivity index (χ0) is 6.41. The van der Waals surface area contributed by atoms with Crippen LogP contribution in [0.3, 0.4) is 0 Å². The number of hydrogen-bond donors (Lipinski definition) is 1. The summed E-state index contributed by atoms with van der Waals surface area (Å²) in [6, 6.07) is 0. The van der Waals surface area contributed by atoms with Crippen molar-refractivity contribution in [3.8, 4) is 0 Å². The number of carbonyl (C=O) groups excluding carboxylic acids is 1. The lowest BCUT2D eigenvalue weighted by Gasteiger charge is -1.90.